The summed E-state index contributed by atoms with van der Waals surface area (Å²) >= 11 is 0. The van der Waals surface area contributed by atoms with Gasteiger partial charge in [0.1, 0.15) is 5.82 Å². The van der Waals surface area contributed by atoms with Gasteiger partial charge in [0.15, 0.2) is 0 Å². The topological polar surface area (TPSA) is 57.3 Å². The zero-order chi connectivity index (χ0) is 15.1. The fourth-order valence-electron chi connectivity index (χ4n) is 2.76. The number of amides is 1. The molecule has 1 aromatic rings. The van der Waals surface area contributed by atoms with E-state index in [-0.39, 0.29) is 30.7 Å². The van der Waals surface area contributed by atoms with Crippen LogP contribution in [0, 0.1) is 5.92 Å². The molecule has 0 radical (unpaired) electrons. The lowest BCUT2D eigenvalue weighted by Crippen LogP contribution is -2.29. The number of pyridine rings is 1. The van der Waals surface area contributed by atoms with Crippen molar-refractivity contribution in [2.75, 3.05) is 32.1 Å². The lowest BCUT2D eigenvalue weighted by molar-refractivity contribution is -0.121. The second-order valence-corrected chi connectivity index (χ2v) is 5.89. The second-order valence-electron chi connectivity index (χ2n) is 5.89. The first-order chi connectivity index (χ1) is 10.2. The Balaban J connectivity index is 0.00000242. The Bertz CT molecular complexity index is 465. The average molecular weight is 363 g/mol. The zero-order valence-electron chi connectivity index (χ0n) is 13.9. The van der Waals surface area contributed by atoms with E-state index in [1.165, 1.54) is 12.8 Å². The van der Waals surface area contributed by atoms with Crippen molar-refractivity contribution in [2.45, 2.75) is 32.2 Å². The Morgan fingerprint density at radius 3 is 2.70 bits per heavy atom. The molecular weight excluding hydrogens is 335 g/mol. The molecule has 2 rings (SSSR count). The summed E-state index contributed by atoms with van der Waals surface area (Å²) in [5.41, 5.74) is 1.05. The quantitative estimate of drug-likeness (QED) is 0.815. The van der Waals surface area contributed by atoms with Gasteiger partial charge in [-0.05, 0) is 44.3 Å². The summed E-state index contributed by atoms with van der Waals surface area (Å²) in [6.45, 7) is 2.73. The number of nitrogens with one attached hydrogen (secondary N) is 2. The lowest BCUT2D eigenvalue weighted by atomic mass is 9.93. The van der Waals surface area contributed by atoms with Crippen molar-refractivity contribution in [1.82, 2.24) is 15.6 Å². The van der Waals surface area contributed by atoms with E-state index in [0.29, 0.717) is 18.9 Å². The van der Waals surface area contributed by atoms with Gasteiger partial charge >= 0.3 is 0 Å². The SMILES string of the molecule is CN(C)c1ncccc1CNC(=O)CCC1CCNCC1.Cl.Cl. The monoisotopic (exact) mass is 362 g/mol. The van der Waals surface area contributed by atoms with Gasteiger partial charge in [0.25, 0.3) is 0 Å². The molecule has 0 spiro atoms. The number of anilines is 1. The van der Waals surface area contributed by atoms with Gasteiger partial charge in [-0.2, -0.15) is 0 Å². The van der Waals surface area contributed by atoms with Crippen LogP contribution >= 0.6 is 24.8 Å². The van der Waals surface area contributed by atoms with E-state index in [1.54, 1.807) is 6.20 Å². The molecule has 0 bridgehead atoms. The molecule has 1 fully saturated rings. The molecule has 23 heavy (non-hydrogen) atoms. The fraction of sp³-hybridized carbons (Fsp3) is 0.625. The molecule has 2 N–H and O–H groups in total. The predicted molar refractivity (Wildman–Crippen MR) is 99.7 cm³/mol. The molecule has 1 amide bonds. The number of halogens is 2. The molecule has 7 heteroatoms. The highest BCUT2D eigenvalue weighted by Gasteiger charge is 2.14. The van der Waals surface area contributed by atoms with Crippen LogP contribution in [0.15, 0.2) is 18.3 Å². The highest BCUT2D eigenvalue weighted by atomic mass is 35.5. The van der Waals surface area contributed by atoms with Crippen LogP contribution in [0.5, 0.6) is 0 Å². The molecule has 0 saturated carbocycles. The fourth-order valence-corrected chi connectivity index (χ4v) is 2.76. The Morgan fingerprint density at radius 2 is 2.04 bits per heavy atom. The van der Waals surface area contributed by atoms with E-state index < -0.39 is 0 Å². The highest BCUT2D eigenvalue weighted by Crippen LogP contribution is 2.18. The highest BCUT2D eigenvalue weighted by molar-refractivity contribution is 5.85. The van der Waals surface area contributed by atoms with Crippen LogP contribution in [0.25, 0.3) is 0 Å². The van der Waals surface area contributed by atoms with Crippen LogP contribution in [0.3, 0.4) is 0 Å². The normalized spacial score (nSPS) is 14.3. The van der Waals surface area contributed by atoms with Crippen molar-refractivity contribution in [3.8, 4) is 0 Å². The first kappa shape index (κ1) is 22.0. The molecular formula is C16H28Cl2N4O. The molecule has 2 heterocycles. The first-order valence-electron chi connectivity index (χ1n) is 7.75. The van der Waals surface area contributed by atoms with E-state index in [0.717, 1.165) is 30.9 Å². The molecule has 1 aliphatic heterocycles. The van der Waals surface area contributed by atoms with Gasteiger partial charge in [-0.25, -0.2) is 4.98 Å². The van der Waals surface area contributed by atoms with E-state index in [9.17, 15) is 4.79 Å². The van der Waals surface area contributed by atoms with E-state index in [2.05, 4.69) is 15.6 Å². The summed E-state index contributed by atoms with van der Waals surface area (Å²) in [6, 6.07) is 3.92. The smallest absolute Gasteiger partial charge is 0.220 e. The Morgan fingerprint density at radius 1 is 1.35 bits per heavy atom. The van der Waals surface area contributed by atoms with Crippen molar-refractivity contribution in [1.29, 1.82) is 0 Å². The van der Waals surface area contributed by atoms with E-state index in [1.807, 2.05) is 31.1 Å². The van der Waals surface area contributed by atoms with Gasteiger partial charge in [0, 0.05) is 38.8 Å². The van der Waals surface area contributed by atoms with Crippen LogP contribution in [0.1, 0.15) is 31.2 Å². The number of hydrogen-bond donors (Lipinski definition) is 2. The zero-order valence-corrected chi connectivity index (χ0v) is 15.5. The summed E-state index contributed by atoms with van der Waals surface area (Å²) in [7, 11) is 3.93. The van der Waals surface area contributed by atoms with Crippen LogP contribution in [-0.2, 0) is 11.3 Å². The lowest BCUT2D eigenvalue weighted by Gasteiger charge is -2.22. The largest absolute Gasteiger partial charge is 0.362 e. The summed E-state index contributed by atoms with van der Waals surface area (Å²) in [5.74, 6) is 1.76. The summed E-state index contributed by atoms with van der Waals surface area (Å²) in [6.07, 6.45) is 5.79. The molecule has 0 unspecified atom stereocenters. The van der Waals surface area contributed by atoms with Gasteiger partial charge in [-0.15, -0.1) is 24.8 Å². The predicted octanol–water partition coefficient (Wildman–Crippen LogP) is 2.39. The Hall–Kier alpha value is -1.04. The molecule has 0 aliphatic carbocycles. The van der Waals surface area contributed by atoms with Gasteiger partial charge in [-0.1, -0.05) is 6.07 Å². The van der Waals surface area contributed by atoms with Gasteiger partial charge < -0.3 is 15.5 Å². The summed E-state index contributed by atoms with van der Waals surface area (Å²) < 4.78 is 0. The van der Waals surface area contributed by atoms with Crippen LogP contribution in [-0.4, -0.2) is 38.1 Å². The minimum atomic E-state index is 0. The van der Waals surface area contributed by atoms with E-state index in [4.69, 9.17) is 0 Å². The maximum Gasteiger partial charge on any atom is 0.220 e. The number of nitrogens with zero attached hydrogens (tertiary/aromatic N) is 2. The third-order valence-electron chi connectivity index (χ3n) is 4.01. The molecule has 0 atom stereocenters. The third kappa shape index (κ3) is 7.38. The standard InChI is InChI=1S/C16H26N4O.2ClH/c1-20(2)16-14(4-3-9-18-16)12-19-15(21)6-5-13-7-10-17-11-8-13;;/h3-4,9,13,17H,5-8,10-12H2,1-2H3,(H,19,21);2*1H. The Kier molecular flexibility index (Phi) is 11.0. The van der Waals surface area contributed by atoms with Crippen molar-refractivity contribution < 1.29 is 4.79 Å². The van der Waals surface area contributed by atoms with Crippen molar-refractivity contribution in [3.05, 3.63) is 23.9 Å². The van der Waals surface area contributed by atoms with Crippen LogP contribution in [0.2, 0.25) is 0 Å². The molecule has 5 nitrogen and oxygen atoms in total. The minimum absolute atomic E-state index is 0. The van der Waals surface area contributed by atoms with Crippen LogP contribution < -0.4 is 15.5 Å². The van der Waals surface area contributed by atoms with Crippen LogP contribution in [0.4, 0.5) is 5.82 Å². The number of rotatable bonds is 6. The number of aromatic nitrogens is 1. The average Bonchev–Trinajstić information content (AvgIpc) is 2.52. The molecule has 0 aromatic carbocycles. The maximum absolute atomic E-state index is 12.0. The Labute approximate surface area is 151 Å². The third-order valence-corrected chi connectivity index (χ3v) is 4.01. The number of carbonyl (C=O) groups is 1. The van der Waals surface area contributed by atoms with Gasteiger partial charge in [0.05, 0.1) is 0 Å². The minimum Gasteiger partial charge on any atom is -0.362 e. The summed E-state index contributed by atoms with van der Waals surface area (Å²) in [5, 5.41) is 6.37. The van der Waals surface area contributed by atoms with Crippen molar-refractivity contribution in [3.63, 3.8) is 0 Å². The second kappa shape index (κ2) is 11.5. The summed E-state index contributed by atoms with van der Waals surface area (Å²) in [4.78, 5) is 18.3. The number of hydrogen-bond acceptors (Lipinski definition) is 4. The van der Waals surface area contributed by atoms with Gasteiger partial charge in [0.2, 0.25) is 5.91 Å². The maximum atomic E-state index is 12.0. The molecule has 1 aromatic heterocycles. The van der Waals surface area contributed by atoms with Gasteiger partial charge in [-0.3, -0.25) is 4.79 Å². The molecule has 1 aliphatic rings. The molecule has 132 valence electrons. The van der Waals surface area contributed by atoms with E-state index >= 15 is 0 Å². The number of piperidine rings is 1. The molecule has 1 saturated heterocycles. The number of carbonyl (C=O) groups excluding carboxylic acids is 1. The van der Waals surface area contributed by atoms with Crippen molar-refractivity contribution in [2.24, 2.45) is 5.92 Å². The van der Waals surface area contributed by atoms with Crippen molar-refractivity contribution >= 4 is 36.5 Å². The first-order valence-corrected chi connectivity index (χ1v) is 7.75.